The van der Waals surface area contributed by atoms with Crippen LogP contribution in [0.5, 0.6) is 5.88 Å². The van der Waals surface area contributed by atoms with Gasteiger partial charge in [0.05, 0.1) is 23.4 Å². The largest absolute Gasteiger partial charge is 0.480 e. The van der Waals surface area contributed by atoms with Gasteiger partial charge in [0.15, 0.2) is 0 Å². The zero-order valence-corrected chi connectivity index (χ0v) is 29.4. The standard InChI is InChI=1S/C23H30Cl2N4O8S2.C2H6.CH4S/c1-6-10-36-13-29(39(33,34)16-9-7-8-14(24)18(16)25)19-20(35-5)28-17(11-26-19)38-12-15(21(30)31)27-22(32)37-23(2,3)4;2*1-2/h7-9,11,15H,6,10,12-13H2,1-5H3,(H,27,32)(H,30,31);1-2H3;2H,1H3/t15-;;/m0../s1. The third kappa shape index (κ3) is 13.2. The molecule has 0 aliphatic heterocycles. The van der Waals surface area contributed by atoms with E-state index in [1.165, 1.54) is 31.5 Å². The molecule has 0 fully saturated rings. The number of nitrogens with one attached hydrogen (secondary N) is 1. The van der Waals surface area contributed by atoms with Gasteiger partial charge < -0.3 is 24.6 Å². The van der Waals surface area contributed by atoms with Crippen LogP contribution in [0, 0.1) is 0 Å². The minimum Gasteiger partial charge on any atom is -0.480 e. The summed E-state index contributed by atoms with van der Waals surface area (Å²) in [5, 5.41) is 11.9. The summed E-state index contributed by atoms with van der Waals surface area (Å²) in [5.74, 6) is -1.77. The first-order chi connectivity index (χ1) is 20.2. The number of anilines is 1. The lowest BCUT2D eigenvalue weighted by Gasteiger charge is -2.25. The van der Waals surface area contributed by atoms with Crippen LogP contribution in [0.2, 0.25) is 10.0 Å². The maximum atomic E-state index is 13.6. The van der Waals surface area contributed by atoms with Crippen molar-refractivity contribution in [3.05, 3.63) is 34.4 Å². The first-order valence-electron chi connectivity index (χ1n) is 13.0. The van der Waals surface area contributed by atoms with E-state index in [4.69, 9.17) is 37.4 Å². The number of alkyl carbamates (subject to hydrolysis) is 1. The second-order valence-electron chi connectivity index (χ2n) is 8.83. The van der Waals surface area contributed by atoms with Crippen LogP contribution in [0.1, 0.15) is 48.0 Å². The van der Waals surface area contributed by atoms with Gasteiger partial charge in [0.25, 0.3) is 15.9 Å². The minimum atomic E-state index is -4.34. The fourth-order valence-electron chi connectivity index (χ4n) is 2.86. The fraction of sp³-hybridized carbons (Fsp3) is 0.538. The molecule has 2 N–H and O–H groups in total. The number of thioether (sulfide) groups is 1. The van der Waals surface area contributed by atoms with Crippen molar-refractivity contribution in [1.29, 1.82) is 0 Å². The van der Waals surface area contributed by atoms with Gasteiger partial charge in [-0.25, -0.2) is 32.3 Å². The van der Waals surface area contributed by atoms with Crippen LogP contribution in [-0.2, 0) is 24.3 Å². The Balaban J connectivity index is 0.00000422. The summed E-state index contributed by atoms with van der Waals surface area (Å²) < 4.78 is 44.0. The van der Waals surface area contributed by atoms with Crippen LogP contribution in [0.4, 0.5) is 10.6 Å². The predicted octanol–water partition coefficient (Wildman–Crippen LogP) is 6.01. The number of aromatic nitrogens is 2. The Labute approximate surface area is 273 Å². The van der Waals surface area contributed by atoms with E-state index in [2.05, 4.69) is 27.9 Å². The van der Waals surface area contributed by atoms with E-state index in [1.807, 2.05) is 20.8 Å². The molecule has 1 atom stereocenters. The van der Waals surface area contributed by atoms with Gasteiger partial charge in [-0.15, -0.1) is 11.8 Å². The van der Waals surface area contributed by atoms with E-state index < -0.39 is 40.5 Å². The van der Waals surface area contributed by atoms with Crippen molar-refractivity contribution in [3.8, 4) is 5.88 Å². The molecule has 0 saturated heterocycles. The van der Waals surface area contributed by atoms with Crippen LogP contribution in [0.25, 0.3) is 0 Å². The third-order valence-corrected chi connectivity index (χ3v) is 8.24. The number of benzene rings is 1. The highest BCUT2D eigenvalue weighted by Gasteiger charge is 2.32. The number of ether oxygens (including phenoxy) is 3. The predicted molar refractivity (Wildman–Crippen MR) is 174 cm³/mol. The van der Waals surface area contributed by atoms with Crippen LogP contribution < -0.4 is 14.4 Å². The number of hydrogen-bond acceptors (Lipinski definition) is 11. The number of aliphatic carboxylic acids is 1. The Kier molecular flexibility index (Phi) is 19.0. The van der Waals surface area contributed by atoms with Crippen molar-refractivity contribution >= 4 is 75.5 Å². The number of carbonyl (C=O) groups is 2. The first kappa shape index (κ1) is 40.8. The molecule has 0 aliphatic rings. The summed E-state index contributed by atoms with van der Waals surface area (Å²) in [6.07, 6.45) is 2.69. The number of rotatable bonds is 13. The Bertz CT molecular complexity index is 1280. The second kappa shape index (κ2) is 20.0. The average molecular weight is 704 g/mol. The SMILES string of the molecule is CC.CCCOCN(c1ncc(SC[C@H](NC(=O)OC(C)(C)C)C(=O)O)nc1OC)S(=O)(=O)c1cccc(Cl)c1Cl.CS. The van der Waals surface area contributed by atoms with Gasteiger partial charge in [-0.3, -0.25) is 0 Å². The molecular weight excluding hydrogens is 663 g/mol. The monoisotopic (exact) mass is 702 g/mol. The van der Waals surface area contributed by atoms with Gasteiger partial charge in [-0.05, 0) is 45.6 Å². The van der Waals surface area contributed by atoms with Gasteiger partial charge in [0, 0.05) is 12.4 Å². The molecule has 2 rings (SSSR count). The maximum Gasteiger partial charge on any atom is 0.408 e. The Morgan fingerprint density at radius 3 is 2.37 bits per heavy atom. The highest BCUT2D eigenvalue weighted by Crippen LogP contribution is 2.35. The molecule has 0 saturated carbocycles. The van der Waals surface area contributed by atoms with Crippen molar-refractivity contribution < 1.29 is 37.3 Å². The van der Waals surface area contributed by atoms with Gasteiger partial charge in [-0.1, -0.05) is 50.0 Å². The van der Waals surface area contributed by atoms with Crippen molar-refractivity contribution in [2.24, 2.45) is 0 Å². The maximum absolute atomic E-state index is 13.6. The number of carbonyl (C=O) groups excluding carboxylic acids is 1. The number of nitrogens with zero attached hydrogens (tertiary/aromatic N) is 3. The van der Waals surface area contributed by atoms with Gasteiger partial charge in [0.1, 0.15) is 28.3 Å². The van der Waals surface area contributed by atoms with Gasteiger partial charge >= 0.3 is 12.1 Å². The lowest BCUT2D eigenvalue weighted by atomic mass is 10.2. The normalized spacial score (nSPS) is 11.6. The Morgan fingerprint density at radius 2 is 1.84 bits per heavy atom. The van der Waals surface area contributed by atoms with E-state index in [9.17, 15) is 23.1 Å². The molecule has 0 unspecified atom stereocenters. The molecule has 1 amide bonds. The summed E-state index contributed by atoms with van der Waals surface area (Å²) in [6.45, 7) is 10.7. The molecule has 244 valence electrons. The number of hydrogen-bond donors (Lipinski definition) is 3. The number of sulfonamides is 1. The average Bonchev–Trinajstić information content (AvgIpc) is 2.95. The number of thiol groups is 1. The van der Waals surface area contributed by atoms with E-state index in [0.29, 0.717) is 6.42 Å². The zero-order valence-electron chi connectivity index (χ0n) is 25.4. The number of halogens is 2. The molecular formula is C26H40Cl2N4O8S3. The van der Waals surface area contributed by atoms with Crippen molar-refractivity contribution in [2.75, 3.05) is 36.8 Å². The van der Waals surface area contributed by atoms with Crippen LogP contribution in [0.15, 0.2) is 34.3 Å². The second-order valence-corrected chi connectivity index (χ2v) is 12.5. The summed E-state index contributed by atoms with van der Waals surface area (Å²) in [7, 11) is -3.06. The molecule has 1 aromatic carbocycles. The summed E-state index contributed by atoms with van der Waals surface area (Å²) in [6, 6.07) is 2.89. The zero-order chi connectivity index (χ0) is 33.4. The number of methoxy groups -OCH3 is 1. The van der Waals surface area contributed by atoms with E-state index >= 15 is 0 Å². The van der Waals surface area contributed by atoms with Gasteiger partial charge in [-0.2, -0.15) is 12.6 Å². The van der Waals surface area contributed by atoms with Crippen LogP contribution in [-0.4, -0.2) is 79.7 Å². The summed E-state index contributed by atoms with van der Waals surface area (Å²) >= 11 is 16.7. The van der Waals surface area contributed by atoms with Crippen molar-refractivity contribution in [1.82, 2.24) is 15.3 Å². The Morgan fingerprint density at radius 1 is 1.21 bits per heavy atom. The van der Waals surface area contributed by atoms with E-state index in [0.717, 1.165) is 16.1 Å². The van der Waals surface area contributed by atoms with Crippen LogP contribution in [0.3, 0.4) is 0 Å². The number of carboxylic acids is 1. The smallest absolute Gasteiger partial charge is 0.408 e. The lowest BCUT2D eigenvalue weighted by molar-refractivity contribution is -0.138. The molecule has 17 heteroatoms. The molecule has 0 radical (unpaired) electrons. The molecule has 0 bridgehead atoms. The van der Waals surface area contributed by atoms with Crippen molar-refractivity contribution in [3.63, 3.8) is 0 Å². The molecule has 43 heavy (non-hydrogen) atoms. The molecule has 1 aromatic heterocycles. The lowest BCUT2D eigenvalue weighted by Crippen LogP contribution is -2.44. The quantitative estimate of drug-likeness (QED) is 0.0971. The highest BCUT2D eigenvalue weighted by molar-refractivity contribution is 7.99. The Hall–Kier alpha value is -2.17. The topological polar surface area (TPSA) is 157 Å². The molecule has 0 spiro atoms. The summed E-state index contributed by atoms with van der Waals surface area (Å²) in [5.41, 5.74) is -0.808. The van der Waals surface area contributed by atoms with Crippen LogP contribution >= 0.6 is 47.6 Å². The molecule has 0 aliphatic carbocycles. The fourth-order valence-corrected chi connectivity index (χ4v) is 5.74. The van der Waals surface area contributed by atoms with Crippen molar-refractivity contribution in [2.45, 2.75) is 69.5 Å². The molecule has 2 aromatic rings. The third-order valence-electron chi connectivity index (χ3n) is 4.56. The van der Waals surface area contributed by atoms with E-state index in [1.54, 1.807) is 27.0 Å². The van der Waals surface area contributed by atoms with Gasteiger partial charge in [0.2, 0.25) is 5.82 Å². The molecule has 1 heterocycles. The molecule has 12 nitrogen and oxygen atoms in total. The first-order valence-corrected chi connectivity index (χ1v) is 17.0. The number of carboxylic acid groups (broad SMARTS) is 1. The highest BCUT2D eigenvalue weighted by atomic mass is 35.5. The van der Waals surface area contributed by atoms with E-state index in [-0.39, 0.29) is 44.0 Å². The summed E-state index contributed by atoms with van der Waals surface area (Å²) in [4.78, 5) is 31.9. The minimum absolute atomic E-state index is 0.0462. The number of amides is 1.